The third kappa shape index (κ3) is 4.63. The number of ether oxygens (including phenoxy) is 1. The number of nitrogens with one attached hydrogen (secondary N) is 1. The highest BCUT2D eigenvalue weighted by Gasteiger charge is 2.23. The number of nitrogens with zero attached hydrogens (tertiary/aromatic N) is 1. The van der Waals surface area contributed by atoms with Crippen LogP contribution in [0.3, 0.4) is 0 Å². The summed E-state index contributed by atoms with van der Waals surface area (Å²) in [5.41, 5.74) is 2.68. The van der Waals surface area contributed by atoms with E-state index in [0.29, 0.717) is 0 Å². The van der Waals surface area contributed by atoms with Crippen LogP contribution < -0.4 is 9.46 Å². The zero-order valence-electron chi connectivity index (χ0n) is 16.5. The van der Waals surface area contributed by atoms with E-state index in [1.807, 2.05) is 41.9 Å². The number of rotatable bonds is 6. The van der Waals surface area contributed by atoms with E-state index in [1.54, 1.807) is 13.2 Å². The summed E-state index contributed by atoms with van der Waals surface area (Å²) in [6.45, 7) is 8.16. The minimum absolute atomic E-state index is 0.0327. The molecule has 28 heavy (non-hydrogen) atoms. The van der Waals surface area contributed by atoms with Crippen molar-refractivity contribution in [3.8, 4) is 16.3 Å². The molecule has 150 valence electrons. The minimum atomic E-state index is -3.62. The van der Waals surface area contributed by atoms with Gasteiger partial charge in [-0.3, -0.25) is 0 Å². The van der Waals surface area contributed by atoms with Crippen LogP contribution >= 0.6 is 22.7 Å². The van der Waals surface area contributed by atoms with Gasteiger partial charge in [-0.15, -0.1) is 22.7 Å². The number of sulfonamides is 1. The average molecular weight is 437 g/mol. The van der Waals surface area contributed by atoms with Gasteiger partial charge in [-0.25, -0.2) is 18.1 Å². The second-order valence-corrected chi connectivity index (χ2v) is 11.3. The Morgan fingerprint density at radius 2 is 1.79 bits per heavy atom. The lowest BCUT2D eigenvalue weighted by Crippen LogP contribution is -2.26. The molecule has 0 saturated carbocycles. The molecular weight excluding hydrogens is 412 g/mol. The van der Waals surface area contributed by atoms with Gasteiger partial charge in [0.25, 0.3) is 10.0 Å². The molecule has 0 amide bonds. The highest BCUT2D eigenvalue weighted by Crippen LogP contribution is 2.34. The van der Waals surface area contributed by atoms with Crippen LogP contribution in [-0.4, -0.2) is 20.5 Å². The van der Waals surface area contributed by atoms with Crippen LogP contribution in [0.25, 0.3) is 10.6 Å². The van der Waals surface area contributed by atoms with Gasteiger partial charge >= 0.3 is 0 Å². The van der Waals surface area contributed by atoms with Gasteiger partial charge in [0.05, 0.1) is 12.8 Å². The van der Waals surface area contributed by atoms with Crippen LogP contribution in [0.2, 0.25) is 0 Å². The number of hydrogen-bond donors (Lipinski definition) is 1. The van der Waals surface area contributed by atoms with Crippen LogP contribution in [0.5, 0.6) is 5.75 Å². The molecule has 0 aliphatic rings. The quantitative estimate of drug-likeness (QED) is 0.575. The van der Waals surface area contributed by atoms with Crippen LogP contribution in [0.4, 0.5) is 0 Å². The van der Waals surface area contributed by atoms with E-state index in [2.05, 4.69) is 30.5 Å². The minimum Gasteiger partial charge on any atom is -0.497 e. The Morgan fingerprint density at radius 3 is 2.36 bits per heavy atom. The van der Waals surface area contributed by atoms with Gasteiger partial charge in [0.1, 0.15) is 15.0 Å². The number of thiazole rings is 1. The molecule has 2 heterocycles. The predicted molar refractivity (Wildman–Crippen MR) is 116 cm³/mol. The van der Waals surface area contributed by atoms with Gasteiger partial charge in [0.2, 0.25) is 0 Å². The van der Waals surface area contributed by atoms with E-state index >= 15 is 0 Å². The smallest absolute Gasteiger partial charge is 0.250 e. The molecule has 0 spiro atoms. The highest BCUT2D eigenvalue weighted by atomic mass is 32.2. The highest BCUT2D eigenvalue weighted by molar-refractivity contribution is 7.91. The molecule has 0 aliphatic carbocycles. The zero-order valence-corrected chi connectivity index (χ0v) is 19.0. The Kier molecular flexibility index (Phi) is 5.95. The van der Waals surface area contributed by atoms with E-state index in [-0.39, 0.29) is 15.7 Å². The fraction of sp³-hybridized carbons (Fsp3) is 0.350. The van der Waals surface area contributed by atoms with Crippen LogP contribution in [0.1, 0.15) is 45.0 Å². The van der Waals surface area contributed by atoms with Gasteiger partial charge in [0, 0.05) is 27.8 Å². The molecule has 0 aliphatic heterocycles. The lowest BCUT2D eigenvalue weighted by atomic mass is 9.93. The summed E-state index contributed by atoms with van der Waals surface area (Å²) in [5, 5.41) is 4.72. The molecule has 1 aromatic carbocycles. The molecule has 0 saturated heterocycles. The molecule has 5 nitrogen and oxygen atoms in total. The molecule has 1 unspecified atom stereocenters. The maximum atomic E-state index is 12.8. The summed E-state index contributed by atoms with van der Waals surface area (Å²) in [6.07, 6.45) is 0. The molecule has 0 radical (unpaired) electrons. The lowest BCUT2D eigenvalue weighted by Gasteiger charge is -2.14. The Bertz CT molecular complexity index is 1050. The Hall–Kier alpha value is -1.74. The first-order valence-electron chi connectivity index (χ1n) is 8.81. The SMILES string of the molecule is COc1ccc(C(C)NS(=O)(=O)c2cc(-c3nc(C(C)(C)C)cs3)cs2)cc1. The van der Waals surface area contributed by atoms with Gasteiger partial charge in [-0.2, -0.15) is 0 Å². The Balaban J connectivity index is 1.78. The summed E-state index contributed by atoms with van der Waals surface area (Å²) < 4.78 is 33.8. The van der Waals surface area contributed by atoms with Crippen molar-refractivity contribution in [2.75, 3.05) is 7.11 Å². The van der Waals surface area contributed by atoms with Crippen molar-refractivity contribution < 1.29 is 13.2 Å². The van der Waals surface area contributed by atoms with Gasteiger partial charge in [0.15, 0.2) is 0 Å². The largest absolute Gasteiger partial charge is 0.497 e. The summed E-state index contributed by atoms with van der Waals surface area (Å²) in [4.78, 5) is 4.67. The lowest BCUT2D eigenvalue weighted by molar-refractivity contribution is 0.414. The van der Waals surface area contributed by atoms with Crippen molar-refractivity contribution in [3.05, 3.63) is 52.3 Å². The van der Waals surface area contributed by atoms with Crippen molar-refractivity contribution in [1.82, 2.24) is 9.71 Å². The average Bonchev–Trinajstić information content (AvgIpc) is 3.30. The van der Waals surface area contributed by atoms with Crippen LogP contribution in [0.15, 0.2) is 45.3 Å². The van der Waals surface area contributed by atoms with E-state index in [4.69, 9.17) is 4.74 Å². The van der Waals surface area contributed by atoms with Gasteiger partial charge in [-0.05, 0) is 30.7 Å². The number of aromatic nitrogens is 1. The maximum Gasteiger partial charge on any atom is 0.250 e. The normalized spacial score (nSPS) is 13.5. The number of methoxy groups -OCH3 is 1. The first-order valence-corrected chi connectivity index (χ1v) is 12.1. The topological polar surface area (TPSA) is 68.3 Å². The third-order valence-electron chi connectivity index (χ3n) is 4.31. The summed E-state index contributed by atoms with van der Waals surface area (Å²) in [7, 11) is -2.02. The summed E-state index contributed by atoms with van der Waals surface area (Å²) >= 11 is 2.74. The van der Waals surface area contributed by atoms with Crippen molar-refractivity contribution in [2.24, 2.45) is 0 Å². The van der Waals surface area contributed by atoms with E-state index in [0.717, 1.165) is 27.6 Å². The monoisotopic (exact) mass is 436 g/mol. The van der Waals surface area contributed by atoms with Crippen LogP contribution in [-0.2, 0) is 15.4 Å². The number of thiophene rings is 1. The Labute approximate surface area is 174 Å². The second kappa shape index (κ2) is 7.94. The van der Waals surface area contributed by atoms with E-state index in [9.17, 15) is 8.42 Å². The molecule has 0 fully saturated rings. The Morgan fingerprint density at radius 1 is 1.11 bits per heavy atom. The maximum absolute atomic E-state index is 12.8. The standard InChI is InChI=1S/C20H24N2O3S3/c1-13(14-6-8-16(25-5)9-7-14)22-28(23,24)18-10-15(11-26-18)19-21-17(12-27-19)20(2,3)4/h6-13,22H,1-5H3. The van der Waals surface area contributed by atoms with E-state index in [1.165, 1.54) is 22.7 Å². The first kappa shape index (κ1) is 21.0. The van der Waals surface area contributed by atoms with Crippen LogP contribution in [0, 0.1) is 0 Å². The molecule has 3 aromatic rings. The van der Waals surface area contributed by atoms with Gasteiger partial charge < -0.3 is 4.74 Å². The predicted octanol–water partition coefficient (Wildman–Crippen LogP) is 5.22. The van der Waals surface area contributed by atoms with E-state index < -0.39 is 10.0 Å². The molecule has 8 heteroatoms. The second-order valence-electron chi connectivity index (χ2n) is 7.56. The van der Waals surface area contributed by atoms with Crippen molar-refractivity contribution in [2.45, 2.75) is 43.4 Å². The van der Waals surface area contributed by atoms with Gasteiger partial charge in [-0.1, -0.05) is 32.9 Å². The first-order chi connectivity index (χ1) is 13.1. The van der Waals surface area contributed by atoms with Crippen molar-refractivity contribution in [1.29, 1.82) is 0 Å². The van der Waals surface area contributed by atoms with Crippen molar-refractivity contribution in [3.63, 3.8) is 0 Å². The summed E-state index contributed by atoms with van der Waals surface area (Å²) in [5.74, 6) is 0.736. The fourth-order valence-electron chi connectivity index (χ4n) is 2.57. The zero-order chi connectivity index (χ0) is 20.5. The third-order valence-corrected chi connectivity index (χ3v) is 8.18. The van der Waals surface area contributed by atoms with Crippen molar-refractivity contribution >= 4 is 32.7 Å². The molecule has 2 aromatic heterocycles. The molecule has 1 atom stereocenters. The number of benzene rings is 1. The molecule has 1 N–H and O–H groups in total. The summed E-state index contributed by atoms with van der Waals surface area (Å²) in [6, 6.07) is 8.69. The fourth-order valence-corrected chi connectivity index (χ4v) is 6.09. The molecule has 0 bridgehead atoms. The molecule has 3 rings (SSSR count). The molecular formula is C20H24N2O3S3. The number of hydrogen-bond acceptors (Lipinski definition) is 6.